The maximum Gasteiger partial charge on any atom is 0.194 e. The Hall–Kier alpha value is -1.33. The van der Waals surface area contributed by atoms with E-state index in [1.165, 1.54) is 10.5 Å². The average Bonchev–Trinajstić information content (AvgIpc) is 3.15. The topological polar surface area (TPSA) is 67.6 Å². The molecule has 0 amide bonds. The normalized spacial score (nSPS) is 11.2. The summed E-state index contributed by atoms with van der Waals surface area (Å²) in [5.41, 5.74) is 1.25. The summed E-state index contributed by atoms with van der Waals surface area (Å²) in [7, 11) is 3.75. The number of methoxy groups -OCH3 is 1. The molecular formula is C19H31IN6OS. The molecular weight excluding hydrogens is 487 g/mol. The van der Waals surface area contributed by atoms with E-state index in [0.29, 0.717) is 13.2 Å². The van der Waals surface area contributed by atoms with Crippen molar-refractivity contribution in [2.75, 3.05) is 40.1 Å². The number of benzene rings is 1. The van der Waals surface area contributed by atoms with Crippen molar-refractivity contribution in [2.45, 2.75) is 31.3 Å². The van der Waals surface area contributed by atoms with Crippen molar-refractivity contribution in [1.29, 1.82) is 0 Å². The standard InChI is InChI=1S/C19H30N6OS.HI/c1-5-18-23-22-15-25(18)12-10-20-19(21-11-13-26-3)24(2)14-16-6-8-17(27-4)9-7-16;/h6-9,15H,5,10-14H2,1-4H3,(H,20,21);1H. The van der Waals surface area contributed by atoms with Gasteiger partial charge in [0.1, 0.15) is 12.2 Å². The van der Waals surface area contributed by atoms with Crippen molar-refractivity contribution in [3.63, 3.8) is 0 Å². The molecule has 0 fully saturated rings. The van der Waals surface area contributed by atoms with Crippen LogP contribution in [0.4, 0.5) is 0 Å². The highest BCUT2D eigenvalue weighted by Gasteiger charge is 2.08. The number of hydrogen-bond donors (Lipinski definition) is 1. The summed E-state index contributed by atoms with van der Waals surface area (Å²) in [6.45, 7) is 5.67. The van der Waals surface area contributed by atoms with Crippen LogP contribution in [0, 0.1) is 0 Å². The molecule has 1 aromatic carbocycles. The highest BCUT2D eigenvalue weighted by atomic mass is 127. The Morgan fingerprint density at radius 2 is 2.07 bits per heavy atom. The fourth-order valence-corrected chi connectivity index (χ4v) is 3.07. The fraction of sp³-hybridized carbons (Fsp3) is 0.526. The summed E-state index contributed by atoms with van der Waals surface area (Å²) in [6.07, 6.45) is 4.74. The van der Waals surface area contributed by atoms with Crippen LogP contribution in [0.1, 0.15) is 18.3 Å². The van der Waals surface area contributed by atoms with Crippen LogP contribution in [-0.2, 0) is 24.2 Å². The van der Waals surface area contributed by atoms with Crippen molar-refractivity contribution in [2.24, 2.45) is 4.99 Å². The summed E-state index contributed by atoms with van der Waals surface area (Å²) >= 11 is 1.75. The van der Waals surface area contributed by atoms with Crippen molar-refractivity contribution in [3.8, 4) is 0 Å². The third-order valence-corrected chi connectivity index (χ3v) is 4.89. The monoisotopic (exact) mass is 518 g/mol. The summed E-state index contributed by atoms with van der Waals surface area (Å²) in [4.78, 5) is 8.07. The van der Waals surface area contributed by atoms with Gasteiger partial charge >= 0.3 is 0 Å². The zero-order chi connectivity index (χ0) is 19.5. The summed E-state index contributed by atoms with van der Waals surface area (Å²) < 4.78 is 7.20. The smallest absolute Gasteiger partial charge is 0.194 e. The van der Waals surface area contributed by atoms with Gasteiger partial charge in [0.15, 0.2) is 5.96 Å². The van der Waals surface area contributed by atoms with E-state index in [2.05, 4.69) is 74.5 Å². The first-order valence-electron chi connectivity index (χ1n) is 9.16. The number of ether oxygens (including phenoxy) is 1. The van der Waals surface area contributed by atoms with Gasteiger partial charge in [-0.15, -0.1) is 45.9 Å². The molecule has 1 N–H and O–H groups in total. The number of aromatic nitrogens is 3. The summed E-state index contributed by atoms with van der Waals surface area (Å²) in [5, 5.41) is 11.6. The maximum absolute atomic E-state index is 5.13. The van der Waals surface area contributed by atoms with Gasteiger partial charge in [0, 0.05) is 45.1 Å². The van der Waals surface area contributed by atoms with Gasteiger partial charge in [-0.05, 0) is 24.0 Å². The average molecular weight is 518 g/mol. The Kier molecular flexibility index (Phi) is 12.2. The first-order chi connectivity index (χ1) is 13.2. The van der Waals surface area contributed by atoms with Gasteiger partial charge in [-0.2, -0.15) is 0 Å². The van der Waals surface area contributed by atoms with E-state index in [-0.39, 0.29) is 24.0 Å². The van der Waals surface area contributed by atoms with Crippen LogP contribution in [0.25, 0.3) is 0 Å². The molecule has 7 nitrogen and oxygen atoms in total. The van der Waals surface area contributed by atoms with E-state index in [9.17, 15) is 0 Å². The molecule has 156 valence electrons. The van der Waals surface area contributed by atoms with Gasteiger partial charge in [-0.25, -0.2) is 0 Å². The van der Waals surface area contributed by atoms with Gasteiger partial charge in [0.05, 0.1) is 13.2 Å². The Morgan fingerprint density at radius 1 is 1.32 bits per heavy atom. The predicted molar refractivity (Wildman–Crippen MR) is 127 cm³/mol. The van der Waals surface area contributed by atoms with Gasteiger partial charge in [-0.3, -0.25) is 4.99 Å². The molecule has 0 atom stereocenters. The predicted octanol–water partition coefficient (Wildman–Crippen LogP) is 2.90. The lowest BCUT2D eigenvalue weighted by molar-refractivity contribution is 0.207. The lowest BCUT2D eigenvalue weighted by atomic mass is 10.2. The van der Waals surface area contributed by atoms with E-state index in [1.54, 1.807) is 25.2 Å². The molecule has 0 bridgehead atoms. The molecule has 0 aliphatic heterocycles. The van der Waals surface area contributed by atoms with Gasteiger partial charge in [0.2, 0.25) is 0 Å². The molecule has 2 rings (SSSR count). The molecule has 0 aliphatic rings. The first-order valence-corrected chi connectivity index (χ1v) is 10.4. The maximum atomic E-state index is 5.13. The van der Waals surface area contributed by atoms with Crippen molar-refractivity contribution in [3.05, 3.63) is 42.0 Å². The summed E-state index contributed by atoms with van der Waals surface area (Å²) in [6, 6.07) is 8.64. The zero-order valence-corrected chi connectivity index (χ0v) is 20.2. The molecule has 1 heterocycles. The number of aliphatic imine (C=N–C) groups is 1. The SMILES string of the molecule is CCc1nncn1CCNC(=NCCOC)N(C)Cc1ccc(SC)cc1.I. The van der Waals surface area contributed by atoms with Crippen molar-refractivity contribution < 1.29 is 4.74 Å². The lowest BCUT2D eigenvalue weighted by Crippen LogP contribution is -2.40. The molecule has 28 heavy (non-hydrogen) atoms. The highest BCUT2D eigenvalue weighted by molar-refractivity contribution is 14.0. The number of aryl methyl sites for hydroxylation is 1. The Morgan fingerprint density at radius 3 is 2.71 bits per heavy atom. The quantitative estimate of drug-likeness (QED) is 0.172. The van der Waals surface area contributed by atoms with E-state index < -0.39 is 0 Å². The molecule has 0 aliphatic carbocycles. The van der Waals surface area contributed by atoms with E-state index in [0.717, 1.165) is 37.8 Å². The minimum atomic E-state index is 0. The van der Waals surface area contributed by atoms with Crippen LogP contribution in [0.3, 0.4) is 0 Å². The van der Waals surface area contributed by atoms with Crippen molar-refractivity contribution >= 4 is 41.7 Å². The second kappa shape index (κ2) is 13.8. The van der Waals surface area contributed by atoms with Crippen LogP contribution < -0.4 is 5.32 Å². The van der Waals surface area contributed by atoms with E-state index in [4.69, 9.17) is 4.74 Å². The van der Waals surface area contributed by atoms with Gasteiger partial charge in [-0.1, -0.05) is 19.1 Å². The van der Waals surface area contributed by atoms with Gasteiger partial charge < -0.3 is 19.5 Å². The van der Waals surface area contributed by atoms with E-state index >= 15 is 0 Å². The highest BCUT2D eigenvalue weighted by Crippen LogP contribution is 2.15. The second-order valence-electron chi connectivity index (χ2n) is 6.12. The number of nitrogens with one attached hydrogen (secondary N) is 1. The minimum Gasteiger partial charge on any atom is -0.383 e. The number of halogens is 1. The molecule has 0 spiro atoms. The number of rotatable bonds is 10. The number of hydrogen-bond acceptors (Lipinski definition) is 5. The third kappa shape index (κ3) is 7.96. The molecule has 2 aromatic rings. The fourth-order valence-electron chi connectivity index (χ4n) is 2.66. The van der Waals surface area contributed by atoms with Crippen LogP contribution >= 0.6 is 35.7 Å². The molecule has 0 saturated heterocycles. The lowest BCUT2D eigenvalue weighted by Gasteiger charge is -2.23. The van der Waals surface area contributed by atoms with E-state index in [1.807, 2.05) is 0 Å². The van der Waals surface area contributed by atoms with Crippen LogP contribution in [-0.4, -0.2) is 65.7 Å². The van der Waals surface area contributed by atoms with Crippen LogP contribution in [0.2, 0.25) is 0 Å². The number of nitrogens with zero attached hydrogens (tertiary/aromatic N) is 5. The Balaban J connectivity index is 0.00000392. The third-order valence-electron chi connectivity index (χ3n) is 4.15. The minimum absolute atomic E-state index is 0. The van der Waals surface area contributed by atoms with Crippen molar-refractivity contribution in [1.82, 2.24) is 25.0 Å². The molecule has 1 aromatic heterocycles. The summed E-state index contributed by atoms with van der Waals surface area (Å²) in [5.74, 6) is 1.86. The van der Waals surface area contributed by atoms with Crippen LogP contribution in [0.5, 0.6) is 0 Å². The number of thioether (sulfide) groups is 1. The second-order valence-corrected chi connectivity index (χ2v) is 7.00. The largest absolute Gasteiger partial charge is 0.383 e. The Labute approximate surface area is 189 Å². The van der Waals surface area contributed by atoms with Crippen LogP contribution in [0.15, 0.2) is 40.5 Å². The zero-order valence-electron chi connectivity index (χ0n) is 17.1. The molecule has 0 saturated carbocycles. The molecule has 0 radical (unpaired) electrons. The molecule has 9 heteroatoms. The number of guanidine groups is 1. The van der Waals surface area contributed by atoms with Gasteiger partial charge in [0.25, 0.3) is 0 Å². The molecule has 0 unspecified atom stereocenters. The first kappa shape index (κ1) is 24.7. The Bertz CT molecular complexity index is 707.